The van der Waals surface area contributed by atoms with Crippen molar-refractivity contribution in [2.45, 2.75) is 5.75 Å². The molecule has 3 rings (SSSR count). The van der Waals surface area contributed by atoms with E-state index in [4.69, 9.17) is 23.7 Å². The summed E-state index contributed by atoms with van der Waals surface area (Å²) < 4.78 is 52.4. The van der Waals surface area contributed by atoms with E-state index in [2.05, 4.69) is 0 Å². The van der Waals surface area contributed by atoms with E-state index in [0.717, 1.165) is 5.41 Å². The van der Waals surface area contributed by atoms with Crippen LogP contribution in [0.15, 0.2) is 66.1 Å². The molecule has 0 amide bonds. The van der Waals surface area contributed by atoms with Gasteiger partial charge in [-0.05, 0) is 35.9 Å². The van der Waals surface area contributed by atoms with Gasteiger partial charge in [-0.2, -0.15) is 0 Å². The molecule has 0 fully saturated rings. The summed E-state index contributed by atoms with van der Waals surface area (Å²) in [5.74, 6) is 0.816. The van der Waals surface area contributed by atoms with Crippen LogP contribution in [0.4, 0.5) is 0 Å². The molecule has 0 N–H and O–H groups in total. The van der Waals surface area contributed by atoms with E-state index in [9.17, 15) is 13.2 Å². The number of carbonyl (C=O) groups is 1. The summed E-state index contributed by atoms with van der Waals surface area (Å²) in [7, 11) is 2.16. The topological polar surface area (TPSA) is 97.4 Å². The molecule has 0 saturated carbocycles. The van der Waals surface area contributed by atoms with Gasteiger partial charge in [0.25, 0.3) is 0 Å². The number of hydrogen-bond acceptors (Lipinski definition) is 8. The number of methoxy groups -OCH3 is 4. The fourth-order valence-corrected chi connectivity index (χ4v) is 4.36. The van der Waals surface area contributed by atoms with E-state index in [1.165, 1.54) is 40.6 Å². The number of hydrogen-bond donors (Lipinski definition) is 0. The minimum Gasteiger partial charge on any atom is -0.496 e. The van der Waals surface area contributed by atoms with Crippen molar-refractivity contribution in [1.29, 1.82) is 0 Å². The summed E-state index contributed by atoms with van der Waals surface area (Å²) >= 11 is 0. The Labute approximate surface area is 204 Å². The van der Waals surface area contributed by atoms with Gasteiger partial charge in [-0.15, -0.1) is 0 Å². The zero-order valence-corrected chi connectivity index (χ0v) is 20.6. The van der Waals surface area contributed by atoms with Crippen molar-refractivity contribution in [3.63, 3.8) is 0 Å². The molecule has 0 spiro atoms. The first-order valence-electron chi connectivity index (χ1n) is 10.4. The van der Waals surface area contributed by atoms with Crippen LogP contribution in [0.5, 0.6) is 28.7 Å². The highest BCUT2D eigenvalue weighted by atomic mass is 32.2. The Morgan fingerprint density at radius 1 is 0.771 bits per heavy atom. The van der Waals surface area contributed by atoms with Gasteiger partial charge in [0, 0.05) is 17.5 Å². The molecule has 9 heteroatoms. The summed E-state index contributed by atoms with van der Waals surface area (Å²) in [5.41, 5.74) is 1.23. The van der Waals surface area contributed by atoms with Gasteiger partial charge in [-0.1, -0.05) is 24.3 Å². The van der Waals surface area contributed by atoms with E-state index < -0.39 is 15.8 Å². The SMILES string of the molecule is COc1cc(OC)c(C=CS(=O)(=O)Cc2ccc(OC)c(OC(=O)c3ccccc3)c2)c(OC)c1. The number of benzene rings is 3. The fourth-order valence-electron chi connectivity index (χ4n) is 3.27. The minimum absolute atomic E-state index is 0.122. The van der Waals surface area contributed by atoms with Gasteiger partial charge in [-0.25, -0.2) is 13.2 Å². The van der Waals surface area contributed by atoms with Crippen LogP contribution in [0.25, 0.3) is 6.08 Å². The second-order valence-corrected chi connectivity index (χ2v) is 9.18. The lowest BCUT2D eigenvalue weighted by atomic mass is 10.1. The normalized spacial score (nSPS) is 11.2. The molecule has 0 bridgehead atoms. The molecule has 0 radical (unpaired) electrons. The molecule has 3 aromatic carbocycles. The average molecular weight is 499 g/mol. The molecule has 0 unspecified atom stereocenters. The Morgan fingerprint density at radius 3 is 1.97 bits per heavy atom. The van der Waals surface area contributed by atoms with Crippen LogP contribution in [-0.4, -0.2) is 42.8 Å². The van der Waals surface area contributed by atoms with Crippen molar-refractivity contribution in [2.24, 2.45) is 0 Å². The van der Waals surface area contributed by atoms with Crippen LogP contribution in [-0.2, 0) is 15.6 Å². The van der Waals surface area contributed by atoms with Crippen molar-refractivity contribution in [2.75, 3.05) is 28.4 Å². The Balaban J connectivity index is 1.85. The Kier molecular flexibility index (Phi) is 8.38. The van der Waals surface area contributed by atoms with Crippen LogP contribution in [0.1, 0.15) is 21.5 Å². The van der Waals surface area contributed by atoms with Crippen LogP contribution in [0, 0.1) is 0 Å². The third-order valence-electron chi connectivity index (χ3n) is 5.00. The van der Waals surface area contributed by atoms with Crippen LogP contribution >= 0.6 is 0 Å². The maximum absolute atomic E-state index is 12.9. The third-order valence-corrected chi connectivity index (χ3v) is 6.29. The quantitative estimate of drug-likeness (QED) is 0.297. The van der Waals surface area contributed by atoms with Gasteiger partial charge in [0.15, 0.2) is 21.3 Å². The molecule has 8 nitrogen and oxygen atoms in total. The zero-order chi connectivity index (χ0) is 25.4. The number of sulfone groups is 1. The number of ether oxygens (including phenoxy) is 5. The van der Waals surface area contributed by atoms with Crippen LogP contribution < -0.4 is 23.7 Å². The molecule has 0 aliphatic carbocycles. The molecule has 184 valence electrons. The molecular formula is C26H26O8S. The molecule has 3 aromatic rings. The van der Waals surface area contributed by atoms with Crippen molar-refractivity contribution in [1.82, 2.24) is 0 Å². The van der Waals surface area contributed by atoms with E-state index >= 15 is 0 Å². The number of rotatable bonds is 10. The first-order valence-corrected chi connectivity index (χ1v) is 12.2. The number of carbonyl (C=O) groups excluding carboxylic acids is 1. The van der Waals surface area contributed by atoms with Gasteiger partial charge in [0.05, 0.1) is 45.3 Å². The van der Waals surface area contributed by atoms with E-state index in [1.54, 1.807) is 54.6 Å². The van der Waals surface area contributed by atoms with Gasteiger partial charge < -0.3 is 23.7 Å². The smallest absolute Gasteiger partial charge is 0.343 e. The molecule has 0 aliphatic rings. The van der Waals surface area contributed by atoms with Crippen molar-refractivity contribution >= 4 is 21.9 Å². The van der Waals surface area contributed by atoms with Crippen LogP contribution in [0.3, 0.4) is 0 Å². The summed E-state index contributed by atoms with van der Waals surface area (Å²) in [4.78, 5) is 12.5. The largest absolute Gasteiger partial charge is 0.496 e. The highest BCUT2D eigenvalue weighted by Crippen LogP contribution is 2.35. The highest BCUT2D eigenvalue weighted by Gasteiger charge is 2.17. The molecule has 0 aromatic heterocycles. The second kappa shape index (κ2) is 11.4. The van der Waals surface area contributed by atoms with Gasteiger partial charge in [0.1, 0.15) is 17.2 Å². The molecule has 0 heterocycles. The first kappa shape index (κ1) is 25.6. The highest BCUT2D eigenvalue weighted by molar-refractivity contribution is 7.93. The standard InChI is InChI=1S/C26H26O8S/c1-30-20-15-23(32-3)21(24(16-20)33-4)12-13-35(28,29)17-18-10-11-22(31-2)25(14-18)34-26(27)19-8-6-5-7-9-19/h5-16H,17H2,1-4H3. The average Bonchev–Trinajstić information content (AvgIpc) is 2.87. The monoisotopic (exact) mass is 498 g/mol. The summed E-state index contributed by atoms with van der Waals surface area (Å²) in [5, 5.41) is 1.08. The lowest BCUT2D eigenvalue weighted by Gasteiger charge is -2.13. The molecule has 35 heavy (non-hydrogen) atoms. The Morgan fingerprint density at radius 2 is 1.40 bits per heavy atom. The van der Waals surface area contributed by atoms with Gasteiger partial charge in [0.2, 0.25) is 0 Å². The third kappa shape index (κ3) is 6.54. The van der Waals surface area contributed by atoms with Gasteiger partial charge in [-0.3, -0.25) is 0 Å². The maximum atomic E-state index is 12.9. The van der Waals surface area contributed by atoms with Crippen LogP contribution in [0.2, 0.25) is 0 Å². The molecule has 0 aliphatic heterocycles. The van der Waals surface area contributed by atoms with Crippen molar-refractivity contribution in [3.05, 3.63) is 82.8 Å². The summed E-state index contributed by atoms with van der Waals surface area (Å²) in [6.07, 6.45) is 1.41. The zero-order valence-electron chi connectivity index (χ0n) is 19.8. The van der Waals surface area contributed by atoms with E-state index in [1.807, 2.05) is 0 Å². The lowest BCUT2D eigenvalue weighted by molar-refractivity contribution is 0.0729. The predicted molar refractivity (Wildman–Crippen MR) is 132 cm³/mol. The minimum atomic E-state index is -3.72. The lowest BCUT2D eigenvalue weighted by Crippen LogP contribution is -2.09. The molecule has 0 saturated heterocycles. The Bertz CT molecular complexity index is 1290. The maximum Gasteiger partial charge on any atom is 0.343 e. The van der Waals surface area contributed by atoms with E-state index in [0.29, 0.717) is 39.7 Å². The molecular weight excluding hydrogens is 472 g/mol. The molecule has 0 atom stereocenters. The number of esters is 1. The van der Waals surface area contributed by atoms with Crippen molar-refractivity contribution < 1.29 is 36.9 Å². The predicted octanol–water partition coefficient (Wildman–Crippen LogP) is 4.53. The first-order chi connectivity index (χ1) is 16.8. The fraction of sp³-hybridized carbons (Fsp3) is 0.192. The Hall–Kier alpha value is -3.98. The second-order valence-electron chi connectivity index (χ2n) is 7.30. The van der Waals surface area contributed by atoms with E-state index in [-0.39, 0.29) is 11.5 Å². The van der Waals surface area contributed by atoms with Gasteiger partial charge >= 0.3 is 5.97 Å². The van der Waals surface area contributed by atoms with Crippen molar-refractivity contribution in [3.8, 4) is 28.7 Å². The summed E-state index contributed by atoms with van der Waals surface area (Å²) in [6, 6.07) is 16.3. The summed E-state index contributed by atoms with van der Waals surface area (Å²) in [6.45, 7) is 0.